The molecule has 5 N–H and O–H groups in total. The zero-order valence-electron chi connectivity index (χ0n) is 49.4. The Kier molecular flexibility index (Phi) is 19.3. The van der Waals surface area contributed by atoms with Crippen molar-refractivity contribution in [2.75, 3.05) is 22.9 Å². The molecule has 8 aromatic rings. The number of piperidine rings is 1. The summed E-state index contributed by atoms with van der Waals surface area (Å²) in [5.74, 6) is -1.10. The van der Waals surface area contributed by atoms with Crippen LogP contribution >= 0.6 is 46.4 Å². The third-order valence-electron chi connectivity index (χ3n) is 16.4. The minimum atomic E-state index is -1.31. The summed E-state index contributed by atoms with van der Waals surface area (Å²) in [6.45, 7) is 7.31. The van der Waals surface area contributed by atoms with Gasteiger partial charge in [-0.3, -0.25) is 37.9 Å². The van der Waals surface area contributed by atoms with Crippen LogP contribution in [0.5, 0.6) is 0 Å². The minimum Gasteiger partial charge on any atom is -0.480 e. The highest BCUT2D eigenvalue weighted by Crippen LogP contribution is 2.46. The van der Waals surface area contributed by atoms with E-state index in [0.29, 0.717) is 67.4 Å². The molecule has 5 amide bonds. The summed E-state index contributed by atoms with van der Waals surface area (Å²) in [5, 5.41) is 62.3. The molecule has 1 saturated heterocycles. The number of carbonyl (C=O) groups excluding carboxylic acids is 5. The number of tetrazole rings is 2. The standard InChI is InChI=1S/C30H28Cl2N10O3.C24H19Cl2N5O4.C7H12N4/c1-17(27(44)40-9-3-4-20(16-40)25-36-38-39-37-25)35-26(43)24-15-34-29-41(23-11-21(31)10-22(32)12-23)28(45)30(2,42(24)29)13-18-5-7-19(14-33)8-6-18;1-13(21(33)34)29-20(32)19-12-28-23-30(18-8-16(25)7-17(26)9-18)22(35)24(2,31(19)23)10-14-3-5-15(11-27)6-4-14;1-2-4-6(5-3-1)7-8-10-11-9-7/h5-8,10-12,15,17,20H,3-4,9,13,16H2,1-2H3,(H,35,43)(H,36,37,38,39);3-9,12-13H,10H2,1-2H3,(H,29,32)(H,33,34);6H,1-5H2,(H,8,9,10,11)/t17-,20+,30+;13-,24+;/m00./s1. The number of benzene rings is 4. The van der Waals surface area contributed by atoms with E-state index in [1.807, 2.05) is 0 Å². The van der Waals surface area contributed by atoms with Crippen LogP contribution in [-0.2, 0) is 43.1 Å². The van der Waals surface area contributed by atoms with Gasteiger partial charge in [-0.25, -0.2) is 19.8 Å². The lowest BCUT2D eigenvalue weighted by molar-refractivity contribution is -0.138. The normalized spacial score (nSPS) is 19.1. The molecule has 26 nitrogen and oxygen atoms in total. The fourth-order valence-electron chi connectivity index (χ4n) is 11.8. The number of nitrogens with zero attached hydrogens (tertiary/aromatic N) is 15. The van der Waals surface area contributed by atoms with Crippen molar-refractivity contribution in [2.45, 2.75) is 120 Å². The summed E-state index contributed by atoms with van der Waals surface area (Å²) >= 11 is 24.9. The van der Waals surface area contributed by atoms with Crippen LogP contribution in [0.15, 0.2) is 97.3 Å². The predicted molar refractivity (Wildman–Crippen MR) is 333 cm³/mol. The molecule has 0 spiro atoms. The lowest BCUT2D eigenvalue weighted by Gasteiger charge is -2.33. The summed E-state index contributed by atoms with van der Waals surface area (Å²) in [5.41, 5.74) is 0.740. The van der Waals surface area contributed by atoms with Crippen molar-refractivity contribution in [1.29, 1.82) is 10.5 Å². The van der Waals surface area contributed by atoms with E-state index < -0.39 is 40.9 Å². The molecule has 1 saturated carbocycles. The maximum Gasteiger partial charge on any atom is 0.325 e. The number of nitriles is 2. The van der Waals surface area contributed by atoms with Crippen molar-refractivity contribution in [3.8, 4) is 12.1 Å². The molecule has 4 aromatic carbocycles. The lowest BCUT2D eigenvalue weighted by Crippen LogP contribution is -2.50. The van der Waals surface area contributed by atoms with Gasteiger partial charge in [0.2, 0.25) is 17.8 Å². The summed E-state index contributed by atoms with van der Waals surface area (Å²) in [7, 11) is 0. The zero-order valence-corrected chi connectivity index (χ0v) is 52.5. The van der Waals surface area contributed by atoms with E-state index >= 15 is 0 Å². The monoisotopic (exact) mass is 1310 g/mol. The quantitative estimate of drug-likeness (QED) is 0.0678. The number of aliphatic carboxylic acids is 1. The van der Waals surface area contributed by atoms with Crippen molar-refractivity contribution in [3.05, 3.63) is 163 Å². The second-order valence-corrected chi connectivity index (χ2v) is 24.6. The Hall–Kier alpha value is -9.60. The number of carboxylic acid groups (broad SMARTS) is 1. The molecular formula is C61H59Cl4N19O7. The van der Waals surface area contributed by atoms with Gasteiger partial charge in [-0.05, 0) is 125 Å². The van der Waals surface area contributed by atoms with Gasteiger partial charge in [0.25, 0.3) is 23.6 Å². The predicted octanol–water partition coefficient (Wildman–Crippen LogP) is 8.88. The Bertz CT molecular complexity index is 4080. The van der Waals surface area contributed by atoms with Gasteiger partial charge in [0, 0.05) is 57.9 Å². The fraction of sp³-hybridized carbons (Fsp3) is 0.344. The first-order valence-electron chi connectivity index (χ1n) is 29.0. The number of carbonyl (C=O) groups is 6. The molecular weight excluding hydrogens is 1250 g/mol. The topological polar surface area (TPSA) is 349 Å². The number of likely N-dealkylation sites (tertiary alicyclic amines) is 1. The van der Waals surface area contributed by atoms with Crippen LogP contribution < -0.4 is 20.4 Å². The number of aromatic amines is 2. The van der Waals surface area contributed by atoms with E-state index in [0.717, 1.165) is 29.8 Å². The number of rotatable bonds is 14. The highest BCUT2D eigenvalue weighted by atomic mass is 35.5. The van der Waals surface area contributed by atoms with Gasteiger partial charge in [-0.1, -0.05) is 100 Å². The first-order valence-corrected chi connectivity index (χ1v) is 30.5. The van der Waals surface area contributed by atoms with Crippen molar-refractivity contribution in [2.24, 2.45) is 0 Å². The molecule has 4 aromatic heterocycles. The first-order chi connectivity index (χ1) is 43.6. The Balaban J connectivity index is 0.000000174. The summed E-state index contributed by atoms with van der Waals surface area (Å²) in [6, 6.07) is 25.2. The van der Waals surface area contributed by atoms with Gasteiger partial charge in [0.15, 0.2) is 11.6 Å². The van der Waals surface area contributed by atoms with Crippen LogP contribution in [0.1, 0.15) is 139 Å². The molecule has 0 bridgehead atoms. The van der Waals surface area contributed by atoms with Crippen LogP contribution in [0.25, 0.3) is 0 Å². The zero-order chi connectivity index (χ0) is 64.9. The molecule has 91 heavy (non-hydrogen) atoms. The molecule has 0 unspecified atom stereocenters. The number of aromatic nitrogens is 12. The largest absolute Gasteiger partial charge is 0.480 e. The number of halogens is 4. The van der Waals surface area contributed by atoms with Crippen LogP contribution in [0.4, 0.5) is 23.3 Å². The van der Waals surface area contributed by atoms with Crippen molar-refractivity contribution < 1.29 is 33.9 Å². The second-order valence-electron chi connectivity index (χ2n) is 22.8. The maximum atomic E-state index is 14.3. The molecule has 1 aliphatic carbocycles. The SMILES string of the molecule is C1CCC(c2nn[nH]n2)CC1.C[C@H](NC(=O)c1cnc2n1[C@](C)(Cc1ccc(C#N)cc1)C(=O)N2c1cc(Cl)cc(Cl)c1)C(=O)N1CCC[C@@H](c2nn[nH]n2)C1.C[C@H](NC(=O)c1cnc2n1[C@](C)(Cc1ccc(C#N)cc1)C(=O)N2c1cc(Cl)cc(Cl)c1)C(=O)O. The highest BCUT2D eigenvalue weighted by molar-refractivity contribution is 6.36. The number of H-pyrrole nitrogens is 2. The minimum absolute atomic E-state index is 0.0215. The molecule has 12 rings (SSSR count). The Morgan fingerprint density at radius 2 is 1.04 bits per heavy atom. The van der Waals surface area contributed by atoms with Crippen LogP contribution in [0.2, 0.25) is 20.1 Å². The number of amides is 5. The average molecular weight is 1310 g/mol. The van der Waals surface area contributed by atoms with E-state index in [1.165, 1.54) is 71.9 Å². The molecule has 4 aliphatic rings. The number of nitrogens with one attached hydrogen (secondary N) is 4. The third-order valence-corrected chi connectivity index (χ3v) is 17.2. The van der Waals surface area contributed by atoms with E-state index in [1.54, 1.807) is 109 Å². The molecule has 30 heteroatoms. The van der Waals surface area contributed by atoms with E-state index in [4.69, 9.17) is 51.7 Å². The van der Waals surface area contributed by atoms with E-state index in [9.17, 15) is 39.1 Å². The summed E-state index contributed by atoms with van der Waals surface area (Å²) in [6.07, 6.45) is 11.1. The van der Waals surface area contributed by atoms with Crippen molar-refractivity contribution in [1.82, 2.24) is 75.9 Å². The third kappa shape index (κ3) is 13.6. The van der Waals surface area contributed by atoms with Gasteiger partial charge < -0.3 is 20.6 Å². The Labute approximate surface area is 540 Å². The maximum absolute atomic E-state index is 14.3. The van der Waals surface area contributed by atoms with Gasteiger partial charge >= 0.3 is 5.97 Å². The Morgan fingerprint density at radius 3 is 1.45 bits per heavy atom. The van der Waals surface area contributed by atoms with Gasteiger partial charge in [-0.15, -0.1) is 20.4 Å². The van der Waals surface area contributed by atoms with Crippen LogP contribution in [-0.4, -0.2) is 131 Å². The van der Waals surface area contributed by atoms with Crippen molar-refractivity contribution in [3.63, 3.8) is 0 Å². The summed E-state index contributed by atoms with van der Waals surface area (Å²) in [4.78, 5) is 92.9. The summed E-state index contributed by atoms with van der Waals surface area (Å²) < 4.78 is 3.08. The van der Waals surface area contributed by atoms with Crippen LogP contribution in [0.3, 0.4) is 0 Å². The molecule has 2 fully saturated rings. The van der Waals surface area contributed by atoms with Gasteiger partial charge in [0.1, 0.15) is 34.5 Å². The molecule has 7 heterocycles. The number of fused-ring (bicyclic) bond motifs is 2. The van der Waals surface area contributed by atoms with Gasteiger partial charge in [-0.2, -0.15) is 21.0 Å². The molecule has 0 radical (unpaired) electrons. The molecule has 5 atom stereocenters. The number of carboxylic acids is 1. The fourth-order valence-corrected chi connectivity index (χ4v) is 12.8. The van der Waals surface area contributed by atoms with Gasteiger partial charge in [0.05, 0.1) is 47.0 Å². The molecule has 468 valence electrons. The van der Waals surface area contributed by atoms with Crippen molar-refractivity contribution >= 4 is 105 Å². The first kappa shape index (κ1) is 64.4. The van der Waals surface area contributed by atoms with Crippen LogP contribution in [0, 0.1) is 22.7 Å². The van der Waals surface area contributed by atoms with E-state index in [-0.39, 0.29) is 59.8 Å². The number of anilines is 4. The average Bonchev–Trinajstić information content (AvgIpc) is 1.57. The second kappa shape index (κ2) is 27.2. The number of imidazole rings is 2. The molecule has 3 aliphatic heterocycles. The lowest BCUT2D eigenvalue weighted by atomic mass is 9.89. The highest BCUT2D eigenvalue weighted by Gasteiger charge is 2.53. The van der Waals surface area contributed by atoms with E-state index in [2.05, 4.69) is 74.0 Å². The smallest absolute Gasteiger partial charge is 0.325 e. The number of hydrogen-bond acceptors (Lipinski definition) is 16. The Morgan fingerprint density at radius 1 is 0.626 bits per heavy atom. The number of hydrogen-bond donors (Lipinski definition) is 5.